The summed E-state index contributed by atoms with van der Waals surface area (Å²) in [5.41, 5.74) is -3.19. The van der Waals surface area contributed by atoms with Gasteiger partial charge in [0.2, 0.25) is 0 Å². The van der Waals surface area contributed by atoms with Crippen LogP contribution in [0, 0.1) is 0 Å². The summed E-state index contributed by atoms with van der Waals surface area (Å²) in [5, 5.41) is 11.5. The van der Waals surface area contributed by atoms with Crippen molar-refractivity contribution >= 4 is 29.4 Å². The van der Waals surface area contributed by atoms with Crippen LogP contribution in [0.4, 0.5) is 19.3 Å². The highest BCUT2D eigenvalue weighted by atomic mass is 35.5. The van der Waals surface area contributed by atoms with E-state index in [0.29, 0.717) is 0 Å². The summed E-state index contributed by atoms with van der Waals surface area (Å²) in [7, 11) is 0. The summed E-state index contributed by atoms with van der Waals surface area (Å²) in [5.74, 6) is -5.04. The van der Waals surface area contributed by atoms with Crippen molar-refractivity contribution in [3.05, 3.63) is 28.8 Å². The molecule has 1 fully saturated rings. The third-order valence-electron chi connectivity index (χ3n) is 3.42. The first kappa shape index (κ1) is 17.5. The number of benzene rings is 1. The van der Waals surface area contributed by atoms with Gasteiger partial charge in [-0.2, -0.15) is 0 Å². The summed E-state index contributed by atoms with van der Waals surface area (Å²) >= 11 is 5.89. The molecule has 5 nitrogen and oxygen atoms in total. The van der Waals surface area contributed by atoms with Gasteiger partial charge in [0.25, 0.3) is 5.92 Å². The first-order chi connectivity index (χ1) is 10.4. The fraction of sp³-hybridized carbons (Fsp3) is 0.467. The number of ether oxygens (including phenoxy) is 1. The Bertz CT molecular complexity index is 672. The molecule has 23 heavy (non-hydrogen) atoms. The van der Waals surface area contributed by atoms with Crippen LogP contribution in [-0.2, 0) is 14.9 Å². The number of hydrogen-bond acceptors (Lipinski definition) is 3. The number of aliphatic carboxylic acids is 1. The third kappa shape index (κ3) is 3.24. The van der Waals surface area contributed by atoms with E-state index in [4.69, 9.17) is 16.3 Å². The molecule has 0 spiro atoms. The lowest BCUT2D eigenvalue weighted by Crippen LogP contribution is -2.29. The van der Waals surface area contributed by atoms with Crippen molar-refractivity contribution < 1.29 is 28.2 Å². The van der Waals surface area contributed by atoms with E-state index in [2.05, 4.69) is 5.32 Å². The van der Waals surface area contributed by atoms with Gasteiger partial charge in [-0.25, -0.2) is 13.6 Å². The number of rotatable bonds is 3. The van der Waals surface area contributed by atoms with Gasteiger partial charge >= 0.3 is 12.1 Å². The van der Waals surface area contributed by atoms with E-state index >= 15 is 0 Å². The predicted octanol–water partition coefficient (Wildman–Crippen LogP) is 4.05. The van der Waals surface area contributed by atoms with E-state index in [9.17, 15) is 23.5 Å². The van der Waals surface area contributed by atoms with Crippen LogP contribution in [-0.4, -0.2) is 28.7 Å². The van der Waals surface area contributed by atoms with Crippen LogP contribution < -0.4 is 5.32 Å². The zero-order valence-corrected chi connectivity index (χ0v) is 13.5. The Morgan fingerprint density at radius 3 is 2.35 bits per heavy atom. The largest absolute Gasteiger partial charge is 0.480 e. The van der Waals surface area contributed by atoms with E-state index in [1.807, 2.05) is 0 Å². The van der Waals surface area contributed by atoms with Gasteiger partial charge in [0.05, 0.1) is 0 Å². The molecular weight excluding hydrogens is 332 g/mol. The minimum absolute atomic E-state index is 0.0979. The highest BCUT2D eigenvalue weighted by molar-refractivity contribution is 6.32. The van der Waals surface area contributed by atoms with Crippen LogP contribution in [0.15, 0.2) is 18.2 Å². The quantitative estimate of drug-likeness (QED) is 0.865. The molecule has 1 aliphatic rings. The van der Waals surface area contributed by atoms with Crippen molar-refractivity contribution in [1.82, 2.24) is 0 Å². The highest BCUT2D eigenvalue weighted by Gasteiger charge is 2.77. The molecule has 1 saturated carbocycles. The molecule has 1 aromatic rings. The number of carbonyl (C=O) groups excluding carboxylic acids is 1. The molecule has 2 N–H and O–H groups in total. The smallest absolute Gasteiger partial charge is 0.412 e. The summed E-state index contributed by atoms with van der Waals surface area (Å²) < 4.78 is 32.3. The molecule has 0 saturated heterocycles. The number of carboxylic acid groups (broad SMARTS) is 1. The summed E-state index contributed by atoms with van der Waals surface area (Å²) in [6.45, 7) is 5.01. The maximum Gasteiger partial charge on any atom is 0.412 e. The second kappa shape index (κ2) is 5.33. The van der Waals surface area contributed by atoms with Crippen molar-refractivity contribution in [1.29, 1.82) is 0 Å². The fourth-order valence-corrected chi connectivity index (χ4v) is 2.56. The topological polar surface area (TPSA) is 75.6 Å². The Hall–Kier alpha value is -1.89. The number of nitrogens with one attached hydrogen (secondary N) is 1. The van der Waals surface area contributed by atoms with Crippen LogP contribution in [0.25, 0.3) is 0 Å². The van der Waals surface area contributed by atoms with Gasteiger partial charge in [-0.1, -0.05) is 11.6 Å². The van der Waals surface area contributed by atoms with Crippen molar-refractivity contribution in [3.8, 4) is 0 Å². The predicted molar refractivity (Wildman–Crippen MR) is 80.2 cm³/mol. The number of carbonyl (C=O) groups is 2. The summed E-state index contributed by atoms with van der Waals surface area (Å²) in [6, 6.07) is 3.79. The molecule has 8 heteroatoms. The molecule has 1 unspecified atom stereocenters. The number of anilines is 1. The Balaban J connectivity index is 2.31. The fourth-order valence-electron chi connectivity index (χ4n) is 2.28. The Kier molecular flexibility index (Phi) is 4.05. The number of halogens is 3. The van der Waals surface area contributed by atoms with Crippen molar-refractivity contribution in [2.75, 3.05) is 5.32 Å². The lowest BCUT2D eigenvalue weighted by atomic mass is 9.94. The molecule has 0 heterocycles. The van der Waals surface area contributed by atoms with Gasteiger partial charge in [-0.3, -0.25) is 10.1 Å². The SMILES string of the molecule is CC(C)(C)OC(=O)Nc1ccc(Cl)c(C2(C(=O)O)CC2(F)F)c1. The average Bonchev–Trinajstić information content (AvgIpc) is 2.94. The van der Waals surface area contributed by atoms with Crippen molar-refractivity contribution in [2.45, 2.75) is 44.1 Å². The van der Waals surface area contributed by atoms with E-state index in [1.54, 1.807) is 20.8 Å². The minimum Gasteiger partial charge on any atom is -0.480 e. The van der Waals surface area contributed by atoms with Gasteiger partial charge in [-0.05, 0) is 44.5 Å². The number of hydrogen-bond donors (Lipinski definition) is 2. The molecular formula is C15H16ClF2NO4. The summed E-state index contributed by atoms with van der Waals surface area (Å²) in [6.07, 6.45) is -1.61. The monoisotopic (exact) mass is 347 g/mol. The lowest BCUT2D eigenvalue weighted by Gasteiger charge is -2.20. The number of carboxylic acids is 1. The molecule has 1 atom stereocenters. The normalized spacial score (nSPS) is 22.3. The molecule has 1 aromatic carbocycles. The number of amides is 1. The lowest BCUT2D eigenvalue weighted by molar-refractivity contribution is -0.142. The van der Waals surface area contributed by atoms with E-state index in [0.717, 1.165) is 6.07 Å². The van der Waals surface area contributed by atoms with E-state index in [1.165, 1.54) is 12.1 Å². The van der Waals surface area contributed by atoms with Crippen molar-refractivity contribution in [2.24, 2.45) is 0 Å². The molecule has 0 bridgehead atoms. The number of alkyl halides is 2. The Morgan fingerprint density at radius 1 is 1.35 bits per heavy atom. The van der Waals surface area contributed by atoms with Crippen LogP contribution >= 0.6 is 11.6 Å². The highest BCUT2D eigenvalue weighted by Crippen LogP contribution is 2.63. The maximum atomic E-state index is 13.6. The van der Waals surface area contributed by atoms with Crippen LogP contribution in [0.3, 0.4) is 0 Å². The standard InChI is InChI=1S/C15H16ClF2NO4/c1-13(2,3)23-12(22)19-8-4-5-10(16)9(6-8)14(11(20)21)7-15(14,17)18/h4-6H,7H2,1-3H3,(H,19,22)(H,20,21). The maximum absolute atomic E-state index is 13.6. The van der Waals surface area contributed by atoms with Crippen LogP contribution in [0.5, 0.6) is 0 Å². The zero-order chi connectivity index (χ0) is 17.6. The van der Waals surface area contributed by atoms with E-state index < -0.39 is 35.4 Å². The van der Waals surface area contributed by atoms with Gasteiger partial charge in [-0.15, -0.1) is 0 Å². The van der Waals surface area contributed by atoms with Crippen molar-refractivity contribution in [3.63, 3.8) is 0 Å². The average molecular weight is 348 g/mol. The minimum atomic E-state index is -3.38. The summed E-state index contributed by atoms with van der Waals surface area (Å²) in [4.78, 5) is 23.0. The molecule has 1 aliphatic carbocycles. The second-order valence-electron chi connectivity index (χ2n) is 6.41. The van der Waals surface area contributed by atoms with Crippen LogP contribution in [0.1, 0.15) is 32.8 Å². The third-order valence-corrected chi connectivity index (χ3v) is 3.75. The second-order valence-corrected chi connectivity index (χ2v) is 6.82. The first-order valence-electron chi connectivity index (χ1n) is 6.80. The zero-order valence-electron chi connectivity index (χ0n) is 12.7. The van der Waals surface area contributed by atoms with Gasteiger partial charge in [0, 0.05) is 17.1 Å². The van der Waals surface area contributed by atoms with Gasteiger partial charge in [0.15, 0.2) is 5.41 Å². The Morgan fingerprint density at radius 2 is 1.91 bits per heavy atom. The van der Waals surface area contributed by atoms with Gasteiger partial charge < -0.3 is 9.84 Å². The Labute approximate surface area is 136 Å². The van der Waals surface area contributed by atoms with Crippen LogP contribution in [0.2, 0.25) is 5.02 Å². The molecule has 0 aliphatic heterocycles. The van der Waals surface area contributed by atoms with Gasteiger partial charge in [0.1, 0.15) is 5.60 Å². The first-order valence-corrected chi connectivity index (χ1v) is 7.18. The van der Waals surface area contributed by atoms with E-state index in [-0.39, 0.29) is 16.3 Å². The molecule has 0 radical (unpaired) electrons. The molecule has 126 valence electrons. The molecule has 1 amide bonds. The molecule has 2 rings (SSSR count). The molecule has 0 aromatic heterocycles.